The summed E-state index contributed by atoms with van der Waals surface area (Å²) in [6, 6.07) is 9.19. The lowest BCUT2D eigenvalue weighted by Crippen LogP contribution is -3.11. The predicted molar refractivity (Wildman–Crippen MR) is 76.1 cm³/mol. The fourth-order valence-corrected chi connectivity index (χ4v) is 1.52. The van der Waals surface area contributed by atoms with Crippen molar-refractivity contribution < 1.29 is 14.4 Å². The largest absolute Gasteiger partial charge is 0.436 e. The molecule has 0 unspecified atom stereocenters. The average molecular weight is 261 g/mol. The van der Waals surface area contributed by atoms with E-state index in [0.29, 0.717) is 5.69 Å². The Kier molecular flexibility index (Phi) is 7.14. The molecule has 4 heteroatoms. The molecule has 19 heavy (non-hydrogen) atoms. The molecular weight excluding hydrogens is 240 g/mol. The van der Waals surface area contributed by atoms with E-state index >= 15 is 0 Å². The minimum Gasteiger partial charge on any atom is -0.436 e. The molecule has 0 spiro atoms. The topological polar surface area (TPSA) is 42.8 Å². The van der Waals surface area contributed by atoms with Gasteiger partial charge in [0.1, 0.15) is 6.54 Å². The van der Waals surface area contributed by atoms with Crippen molar-refractivity contribution in [3.8, 4) is 11.8 Å². The predicted octanol–water partition coefficient (Wildman–Crippen LogP) is 1.16. The van der Waals surface area contributed by atoms with Gasteiger partial charge in [-0.15, -0.1) is 0 Å². The van der Waals surface area contributed by atoms with Crippen LogP contribution in [0.15, 0.2) is 30.3 Å². The average Bonchev–Trinajstić information content (AvgIpc) is 2.44. The number of carbonyl (C=O) groups excluding carboxylic acids is 1. The summed E-state index contributed by atoms with van der Waals surface area (Å²) in [6.07, 6.45) is -0.476. The summed E-state index contributed by atoms with van der Waals surface area (Å²) < 4.78 is 4.96. The zero-order valence-electron chi connectivity index (χ0n) is 11.5. The van der Waals surface area contributed by atoms with Gasteiger partial charge < -0.3 is 9.64 Å². The van der Waals surface area contributed by atoms with Crippen molar-refractivity contribution >= 4 is 11.8 Å². The molecule has 0 fully saturated rings. The van der Waals surface area contributed by atoms with Crippen LogP contribution in [0.1, 0.15) is 13.8 Å². The number of rotatable bonds is 5. The Morgan fingerprint density at radius 1 is 1.21 bits per heavy atom. The molecule has 0 radical (unpaired) electrons. The van der Waals surface area contributed by atoms with Crippen molar-refractivity contribution in [1.29, 1.82) is 0 Å². The van der Waals surface area contributed by atoms with E-state index in [2.05, 4.69) is 31.0 Å². The first-order chi connectivity index (χ1) is 9.26. The van der Waals surface area contributed by atoms with Crippen molar-refractivity contribution in [2.24, 2.45) is 0 Å². The van der Waals surface area contributed by atoms with Crippen LogP contribution in [0.5, 0.6) is 0 Å². The van der Waals surface area contributed by atoms with Gasteiger partial charge in [0.2, 0.25) is 0 Å². The highest BCUT2D eigenvalue weighted by molar-refractivity contribution is 5.84. The highest BCUT2D eigenvalue weighted by Crippen LogP contribution is 2.04. The van der Waals surface area contributed by atoms with Gasteiger partial charge in [0.25, 0.3) is 0 Å². The summed E-state index contributed by atoms with van der Waals surface area (Å²) in [5.41, 5.74) is 0.716. The first-order valence-electron chi connectivity index (χ1n) is 6.54. The van der Waals surface area contributed by atoms with Gasteiger partial charge in [0, 0.05) is 5.69 Å². The maximum absolute atomic E-state index is 11.4. The second kappa shape index (κ2) is 9.01. The van der Waals surface area contributed by atoms with Crippen LogP contribution >= 0.6 is 0 Å². The van der Waals surface area contributed by atoms with Gasteiger partial charge in [-0.3, -0.25) is 5.32 Å². The van der Waals surface area contributed by atoms with E-state index < -0.39 is 6.09 Å². The van der Waals surface area contributed by atoms with E-state index in [1.165, 1.54) is 4.90 Å². The minimum absolute atomic E-state index is 0.124. The first-order valence-corrected chi connectivity index (χ1v) is 6.54. The maximum Gasteiger partial charge on any atom is 0.412 e. The second-order valence-electron chi connectivity index (χ2n) is 4.05. The van der Waals surface area contributed by atoms with Gasteiger partial charge >= 0.3 is 6.09 Å². The quantitative estimate of drug-likeness (QED) is 0.781. The van der Waals surface area contributed by atoms with Crippen LogP contribution in [0, 0.1) is 11.8 Å². The van der Waals surface area contributed by atoms with Crippen molar-refractivity contribution in [3.05, 3.63) is 30.3 Å². The van der Waals surface area contributed by atoms with Crippen LogP contribution in [-0.2, 0) is 4.74 Å². The molecule has 1 rings (SSSR count). The molecule has 0 aromatic heterocycles. The normalized spacial score (nSPS) is 9.63. The molecule has 0 aliphatic heterocycles. The SMILES string of the molecule is CC[NH+](CC)CC#CCOC(=O)Nc1ccccc1. The third-order valence-corrected chi connectivity index (χ3v) is 2.76. The molecule has 4 nitrogen and oxygen atoms in total. The Morgan fingerprint density at radius 2 is 1.89 bits per heavy atom. The molecule has 1 aromatic rings. The number of ether oxygens (including phenoxy) is 1. The van der Waals surface area contributed by atoms with E-state index in [-0.39, 0.29) is 6.61 Å². The molecule has 0 saturated heterocycles. The zero-order valence-corrected chi connectivity index (χ0v) is 11.5. The first kappa shape index (κ1) is 15.1. The summed E-state index contributed by atoms with van der Waals surface area (Å²) in [5, 5.41) is 2.63. The zero-order chi connectivity index (χ0) is 13.9. The molecule has 0 aliphatic rings. The molecule has 1 amide bonds. The van der Waals surface area contributed by atoms with Crippen LogP contribution in [-0.4, -0.2) is 32.3 Å². The number of hydrogen-bond donors (Lipinski definition) is 2. The fraction of sp³-hybridized carbons (Fsp3) is 0.400. The number of amides is 1. The third-order valence-electron chi connectivity index (χ3n) is 2.76. The van der Waals surface area contributed by atoms with Crippen LogP contribution in [0.25, 0.3) is 0 Å². The molecule has 0 saturated carbocycles. The highest BCUT2D eigenvalue weighted by atomic mass is 16.5. The maximum atomic E-state index is 11.4. The third kappa shape index (κ3) is 6.49. The van der Waals surface area contributed by atoms with E-state index in [1.807, 2.05) is 18.2 Å². The van der Waals surface area contributed by atoms with Crippen molar-refractivity contribution in [2.75, 3.05) is 31.6 Å². The van der Waals surface area contributed by atoms with Gasteiger partial charge in [-0.25, -0.2) is 4.79 Å². The molecule has 102 valence electrons. The lowest BCUT2D eigenvalue weighted by atomic mass is 10.3. The monoisotopic (exact) mass is 261 g/mol. The van der Waals surface area contributed by atoms with E-state index in [4.69, 9.17) is 4.74 Å². The van der Waals surface area contributed by atoms with E-state index in [1.54, 1.807) is 12.1 Å². The standard InChI is InChI=1S/C15H20N2O2/c1-3-17(4-2)12-8-9-13-19-15(18)16-14-10-6-5-7-11-14/h5-7,10-11H,3-4,12-13H2,1-2H3,(H,16,18)/p+1. The Morgan fingerprint density at radius 3 is 2.53 bits per heavy atom. The number of anilines is 1. The Labute approximate surface area is 114 Å². The Bertz CT molecular complexity index is 430. The van der Waals surface area contributed by atoms with Crippen LogP contribution in [0.4, 0.5) is 10.5 Å². The summed E-state index contributed by atoms with van der Waals surface area (Å²) in [4.78, 5) is 12.8. The lowest BCUT2D eigenvalue weighted by Gasteiger charge is -2.10. The van der Waals surface area contributed by atoms with Gasteiger partial charge in [-0.05, 0) is 31.9 Å². The second-order valence-corrected chi connectivity index (χ2v) is 4.05. The van der Waals surface area contributed by atoms with Crippen LogP contribution in [0.3, 0.4) is 0 Å². The van der Waals surface area contributed by atoms with Gasteiger partial charge in [0.15, 0.2) is 6.61 Å². The number of carbonyl (C=O) groups is 1. The summed E-state index contributed by atoms with van der Waals surface area (Å²) in [7, 11) is 0. The number of hydrogen-bond acceptors (Lipinski definition) is 2. The van der Waals surface area contributed by atoms with Gasteiger partial charge in [-0.1, -0.05) is 24.1 Å². The summed E-state index contributed by atoms with van der Waals surface area (Å²) in [6.45, 7) is 7.28. The molecule has 1 aromatic carbocycles. The number of benzene rings is 1. The smallest absolute Gasteiger partial charge is 0.412 e. The lowest BCUT2D eigenvalue weighted by molar-refractivity contribution is -0.889. The Hall–Kier alpha value is -1.99. The van der Waals surface area contributed by atoms with Crippen molar-refractivity contribution in [3.63, 3.8) is 0 Å². The highest BCUT2D eigenvalue weighted by Gasteiger charge is 2.00. The van der Waals surface area contributed by atoms with Crippen LogP contribution in [0.2, 0.25) is 0 Å². The van der Waals surface area contributed by atoms with Gasteiger partial charge in [0.05, 0.1) is 13.1 Å². The van der Waals surface area contributed by atoms with Crippen molar-refractivity contribution in [2.45, 2.75) is 13.8 Å². The Balaban J connectivity index is 2.22. The number of quaternary nitrogens is 1. The molecule has 2 N–H and O–H groups in total. The van der Waals surface area contributed by atoms with Crippen molar-refractivity contribution in [1.82, 2.24) is 0 Å². The minimum atomic E-state index is -0.476. The van der Waals surface area contributed by atoms with E-state index in [0.717, 1.165) is 19.6 Å². The number of nitrogens with one attached hydrogen (secondary N) is 2. The summed E-state index contributed by atoms with van der Waals surface area (Å²) in [5.74, 6) is 5.86. The van der Waals surface area contributed by atoms with Gasteiger partial charge in [-0.2, -0.15) is 0 Å². The van der Waals surface area contributed by atoms with Crippen LogP contribution < -0.4 is 10.2 Å². The molecule has 0 aliphatic carbocycles. The molecule has 0 heterocycles. The molecule has 0 bridgehead atoms. The number of para-hydroxylation sites is 1. The fourth-order valence-electron chi connectivity index (χ4n) is 1.52. The molecular formula is C15H21N2O2+. The summed E-state index contributed by atoms with van der Waals surface area (Å²) >= 11 is 0. The van der Waals surface area contributed by atoms with E-state index in [9.17, 15) is 4.79 Å². The molecule has 0 atom stereocenters.